The summed E-state index contributed by atoms with van der Waals surface area (Å²) < 4.78 is 5.16. The summed E-state index contributed by atoms with van der Waals surface area (Å²) >= 11 is 0. The molecule has 64 valence electrons. The van der Waals surface area contributed by atoms with Crippen LogP contribution in [-0.2, 0) is 4.74 Å². The van der Waals surface area contributed by atoms with E-state index >= 15 is 0 Å². The van der Waals surface area contributed by atoms with Crippen LogP contribution in [0.1, 0.15) is 5.56 Å². The molecule has 0 amide bonds. The number of benzene rings is 1. The van der Waals surface area contributed by atoms with Crippen molar-refractivity contribution in [1.82, 2.24) is 0 Å². The Morgan fingerprint density at radius 3 is 2.69 bits per heavy atom. The van der Waals surface area contributed by atoms with Crippen LogP contribution in [0.15, 0.2) is 36.4 Å². The van der Waals surface area contributed by atoms with Gasteiger partial charge in [0, 0.05) is 0 Å². The molecule has 13 heavy (non-hydrogen) atoms. The third-order valence-corrected chi connectivity index (χ3v) is 1.97. The zero-order valence-electron chi connectivity index (χ0n) is 7.18. The topological polar surface area (TPSA) is 12.5 Å². The Kier molecular flexibility index (Phi) is 2.16. The first-order chi connectivity index (χ1) is 6.40. The van der Waals surface area contributed by atoms with Crippen molar-refractivity contribution in [3.8, 4) is 12.3 Å². The third-order valence-electron chi connectivity index (χ3n) is 1.97. The van der Waals surface area contributed by atoms with Crippen molar-refractivity contribution in [2.45, 2.75) is 12.2 Å². The minimum absolute atomic E-state index is 0.0000350. The van der Waals surface area contributed by atoms with Gasteiger partial charge < -0.3 is 4.74 Å². The summed E-state index contributed by atoms with van der Waals surface area (Å²) in [5.41, 5.74) is 1.17. The standard InChI is InChI=1S/C12H10O/c1-2-11-12(13-11)9-8-10-6-4-3-5-7-10/h1,3-9,11-12H/b9-8+. The Bertz CT molecular complexity index is 345. The minimum Gasteiger partial charge on any atom is -0.351 e. The van der Waals surface area contributed by atoms with Crippen LogP contribution in [0.2, 0.25) is 0 Å². The van der Waals surface area contributed by atoms with E-state index in [0.29, 0.717) is 0 Å². The molecule has 1 aliphatic rings. The third kappa shape index (κ3) is 1.99. The Balaban J connectivity index is 1.97. The summed E-state index contributed by atoms with van der Waals surface area (Å²) in [6.07, 6.45) is 9.34. The van der Waals surface area contributed by atoms with E-state index < -0.39 is 0 Å². The predicted octanol–water partition coefficient (Wildman–Crippen LogP) is 2.10. The molecule has 2 atom stereocenters. The summed E-state index contributed by atoms with van der Waals surface area (Å²) in [7, 11) is 0. The number of rotatable bonds is 2. The molecule has 1 aromatic carbocycles. The fourth-order valence-electron chi connectivity index (χ4n) is 1.17. The molecule has 1 heterocycles. The van der Waals surface area contributed by atoms with E-state index in [0.717, 1.165) is 0 Å². The molecule has 0 radical (unpaired) electrons. The predicted molar refractivity (Wildman–Crippen MR) is 53.0 cm³/mol. The molecule has 1 aromatic rings. The average molecular weight is 170 g/mol. The van der Waals surface area contributed by atoms with E-state index in [2.05, 4.69) is 5.92 Å². The van der Waals surface area contributed by atoms with E-state index in [-0.39, 0.29) is 12.2 Å². The summed E-state index contributed by atoms with van der Waals surface area (Å²) in [6, 6.07) is 10.1. The van der Waals surface area contributed by atoms with Crippen molar-refractivity contribution in [3.05, 3.63) is 42.0 Å². The molecule has 1 nitrogen and oxygen atoms in total. The first kappa shape index (κ1) is 8.10. The Morgan fingerprint density at radius 2 is 2.08 bits per heavy atom. The van der Waals surface area contributed by atoms with Crippen molar-refractivity contribution in [2.75, 3.05) is 0 Å². The molecule has 2 rings (SSSR count). The molecule has 0 aromatic heterocycles. The SMILES string of the molecule is C#CC1OC1/C=C/c1ccccc1. The van der Waals surface area contributed by atoms with Crippen LogP contribution in [0.4, 0.5) is 0 Å². The number of hydrogen-bond acceptors (Lipinski definition) is 1. The molecule has 0 bridgehead atoms. The molecular formula is C12H10O. The molecule has 0 spiro atoms. The van der Waals surface area contributed by atoms with E-state index in [1.807, 2.05) is 42.5 Å². The van der Waals surface area contributed by atoms with Crippen molar-refractivity contribution in [1.29, 1.82) is 0 Å². The molecule has 0 aliphatic carbocycles. The highest BCUT2D eigenvalue weighted by Crippen LogP contribution is 2.22. The van der Waals surface area contributed by atoms with Gasteiger partial charge in [0.25, 0.3) is 0 Å². The van der Waals surface area contributed by atoms with Crippen LogP contribution in [0, 0.1) is 12.3 Å². The maximum Gasteiger partial charge on any atom is 0.148 e. The zero-order chi connectivity index (χ0) is 9.10. The molecule has 1 heteroatoms. The lowest BCUT2D eigenvalue weighted by molar-refractivity contribution is 0.418. The smallest absolute Gasteiger partial charge is 0.148 e. The molecule has 1 fully saturated rings. The van der Waals surface area contributed by atoms with Gasteiger partial charge >= 0.3 is 0 Å². The van der Waals surface area contributed by atoms with Crippen LogP contribution in [0.3, 0.4) is 0 Å². The summed E-state index contributed by atoms with van der Waals surface area (Å²) in [4.78, 5) is 0. The van der Waals surface area contributed by atoms with Gasteiger partial charge in [-0.05, 0) is 5.56 Å². The molecule has 2 unspecified atom stereocenters. The highest BCUT2D eigenvalue weighted by atomic mass is 16.6. The van der Waals surface area contributed by atoms with Gasteiger partial charge in [0.2, 0.25) is 0 Å². The van der Waals surface area contributed by atoms with Gasteiger partial charge in [0.05, 0.1) is 0 Å². The van der Waals surface area contributed by atoms with Gasteiger partial charge in [-0.1, -0.05) is 48.4 Å². The van der Waals surface area contributed by atoms with E-state index in [1.54, 1.807) is 0 Å². The highest BCUT2D eigenvalue weighted by Gasteiger charge is 2.34. The maximum absolute atomic E-state index is 5.18. The molecule has 0 saturated carbocycles. The van der Waals surface area contributed by atoms with E-state index in [9.17, 15) is 0 Å². The number of terminal acetylenes is 1. The number of epoxide rings is 1. The molecule has 1 saturated heterocycles. The molecular weight excluding hydrogens is 160 g/mol. The Hall–Kier alpha value is -1.52. The number of ether oxygens (including phenoxy) is 1. The normalized spacial score (nSPS) is 25.8. The maximum atomic E-state index is 5.18. The minimum atomic E-state index is -0.0000350. The van der Waals surface area contributed by atoms with Crippen molar-refractivity contribution in [3.63, 3.8) is 0 Å². The second-order valence-electron chi connectivity index (χ2n) is 2.96. The lowest BCUT2D eigenvalue weighted by atomic mass is 10.2. The lowest BCUT2D eigenvalue weighted by Gasteiger charge is -1.88. The van der Waals surface area contributed by atoms with Gasteiger partial charge in [-0.15, -0.1) is 6.42 Å². The van der Waals surface area contributed by atoms with Crippen molar-refractivity contribution >= 4 is 6.08 Å². The second-order valence-corrected chi connectivity index (χ2v) is 2.96. The van der Waals surface area contributed by atoms with Crippen LogP contribution in [-0.4, -0.2) is 12.2 Å². The van der Waals surface area contributed by atoms with E-state index in [1.165, 1.54) is 5.56 Å². The fourth-order valence-corrected chi connectivity index (χ4v) is 1.17. The molecule has 1 aliphatic heterocycles. The first-order valence-corrected chi connectivity index (χ1v) is 4.25. The average Bonchev–Trinajstić information content (AvgIpc) is 2.95. The van der Waals surface area contributed by atoms with Gasteiger partial charge in [0.15, 0.2) is 0 Å². The lowest BCUT2D eigenvalue weighted by Crippen LogP contribution is -1.83. The molecule has 0 N–H and O–H groups in total. The highest BCUT2D eigenvalue weighted by molar-refractivity contribution is 5.50. The van der Waals surface area contributed by atoms with Gasteiger partial charge in [-0.2, -0.15) is 0 Å². The summed E-state index contributed by atoms with van der Waals surface area (Å²) in [5.74, 6) is 2.55. The van der Waals surface area contributed by atoms with Crippen molar-refractivity contribution < 1.29 is 4.74 Å². The summed E-state index contributed by atoms with van der Waals surface area (Å²) in [6.45, 7) is 0. The van der Waals surface area contributed by atoms with Gasteiger partial charge in [-0.25, -0.2) is 0 Å². The van der Waals surface area contributed by atoms with Crippen LogP contribution >= 0.6 is 0 Å². The van der Waals surface area contributed by atoms with Crippen LogP contribution < -0.4 is 0 Å². The Morgan fingerprint density at radius 1 is 1.31 bits per heavy atom. The van der Waals surface area contributed by atoms with Crippen LogP contribution in [0.5, 0.6) is 0 Å². The Labute approximate surface area is 78.0 Å². The quantitative estimate of drug-likeness (QED) is 0.489. The fraction of sp³-hybridized carbons (Fsp3) is 0.167. The summed E-state index contributed by atoms with van der Waals surface area (Å²) in [5, 5.41) is 0. The zero-order valence-corrected chi connectivity index (χ0v) is 7.18. The number of hydrogen-bond donors (Lipinski definition) is 0. The first-order valence-electron chi connectivity index (χ1n) is 4.25. The van der Waals surface area contributed by atoms with Crippen molar-refractivity contribution in [2.24, 2.45) is 0 Å². The largest absolute Gasteiger partial charge is 0.351 e. The van der Waals surface area contributed by atoms with E-state index in [4.69, 9.17) is 11.2 Å². The van der Waals surface area contributed by atoms with Gasteiger partial charge in [0.1, 0.15) is 12.2 Å². The second kappa shape index (κ2) is 3.47. The monoisotopic (exact) mass is 170 g/mol. The van der Waals surface area contributed by atoms with Crippen LogP contribution in [0.25, 0.3) is 6.08 Å². The van der Waals surface area contributed by atoms with Gasteiger partial charge in [-0.3, -0.25) is 0 Å².